The lowest BCUT2D eigenvalue weighted by Crippen LogP contribution is -2.34. The zero-order valence-corrected chi connectivity index (χ0v) is 18.9. The molecule has 178 valence electrons. The molecule has 1 unspecified atom stereocenters. The molecule has 0 amide bonds. The Morgan fingerprint density at radius 3 is 2.66 bits per heavy atom. The average molecular weight is 475 g/mol. The number of ether oxygens (including phenoxy) is 3. The van der Waals surface area contributed by atoms with Crippen LogP contribution < -0.4 is 14.2 Å². The minimum absolute atomic E-state index is 0.106. The number of aryl methyl sites for hydroxylation is 1. The van der Waals surface area contributed by atoms with E-state index < -0.39 is 17.9 Å². The van der Waals surface area contributed by atoms with E-state index in [-0.39, 0.29) is 31.3 Å². The Morgan fingerprint density at radius 1 is 1.11 bits per heavy atom. The van der Waals surface area contributed by atoms with Crippen LogP contribution in [0.25, 0.3) is 10.9 Å². The molecule has 5 rings (SSSR count). The molecule has 1 atom stereocenters. The summed E-state index contributed by atoms with van der Waals surface area (Å²) in [6.07, 6.45) is -0.517. The van der Waals surface area contributed by atoms with E-state index in [9.17, 15) is 19.1 Å². The number of carboxylic acids is 1. The first kappa shape index (κ1) is 22.5. The fraction of sp³-hybridized carbons (Fsp3) is 0.185. The van der Waals surface area contributed by atoms with Crippen molar-refractivity contribution >= 4 is 22.8 Å². The summed E-state index contributed by atoms with van der Waals surface area (Å²) in [4.78, 5) is 24.5. The van der Waals surface area contributed by atoms with Gasteiger partial charge in [-0.25, -0.2) is 4.39 Å². The second kappa shape index (κ2) is 9.13. The number of hydrogen-bond acceptors (Lipinski definition) is 5. The normalized spacial score (nSPS) is 14.6. The molecule has 0 spiro atoms. The standard InChI is InChI=1S/C27H22FNO6/c1-16-12-21-18(13-25(30)31)4-2-6-23(21)29(16)27(32)17-8-10-19(11-9-17)33-14-20-15-34-26-22(28)5-3-7-24(26)35-20/h2-12,20H,13-15H2,1H3,(H,30,31). The first-order chi connectivity index (χ1) is 16.9. The Bertz CT molecular complexity index is 1430. The molecule has 2 heterocycles. The highest BCUT2D eigenvalue weighted by molar-refractivity contribution is 6.04. The van der Waals surface area contributed by atoms with Crippen molar-refractivity contribution in [2.24, 2.45) is 0 Å². The van der Waals surface area contributed by atoms with Crippen LogP contribution in [-0.4, -0.2) is 40.9 Å². The second-order valence-electron chi connectivity index (χ2n) is 8.30. The average Bonchev–Trinajstić information content (AvgIpc) is 3.19. The maximum atomic E-state index is 13.7. The van der Waals surface area contributed by atoms with Crippen LogP contribution in [0.3, 0.4) is 0 Å². The van der Waals surface area contributed by atoms with Gasteiger partial charge in [-0.05, 0) is 61.0 Å². The molecule has 0 aliphatic carbocycles. The fourth-order valence-corrected chi connectivity index (χ4v) is 4.22. The SMILES string of the molecule is Cc1cc2c(CC(=O)O)cccc2n1C(=O)c1ccc(OCC2COc3c(F)cccc3O2)cc1. The van der Waals surface area contributed by atoms with E-state index in [1.807, 2.05) is 13.0 Å². The van der Waals surface area contributed by atoms with Crippen molar-refractivity contribution in [3.8, 4) is 17.2 Å². The zero-order chi connectivity index (χ0) is 24.5. The summed E-state index contributed by atoms with van der Waals surface area (Å²) in [5, 5.41) is 9.93. The van der Waals surface area contributed by atoms with Crippen LogP contribution >= 0.6 is 0 Å². The quantitative estimate of drug-likeness (QED) is 0.438. The number of fused-ring (bicyclic) bond motifs is 2. The highest BCUT2D eigenvalue weighted by Crippen LogP contribution is 2.34. The predicted molar refractivity (Wildman–Crippen MR) is 126 cm³/mol. The van der Waals surface area contributed by atoms with E-state index in [0.717, 1.165) is 5.39 Å². The van der Waals surface area contributed by atoms with Gasteiger partial charge >= 0.3 is 5.97 Å². The number of carbonyl (C=O) groups excluding carboxylic acids is 1. The Kier molecular flexibility index (Phi) is 5.86. The summed E-state index contributed by atoms with van der Waals surface area (Å²) in [7, 11) is 0. The Labute approximate surface area is 200 Å². The lowest BCUT2D eigenvalue weighted by atomic mass is 10.1. The van der Waals surface area contributed by atoms with Gasteiger partial charge in [0.05, 0.1) is 11.9 Å². The molecule has 8 heteroatoms. The molecule has 35 heavy (non-hydrogen) atoms. The third kappa shape index (κ3) is 4.42. The first-order valence-corrected chi connectivity index (χ1v) is 11.1. The summed E-state index contributed by atoms with van der Waals surface area (Å²) >= 11 is 0. The lowest BCUT2D eigenvalue weighted by molar-refractivity contribution is -0.136. The minimum Gasteiger partial charge on any atom is -0.490 e. The monoisotopic (exact) mass is 475 g/mol. The Hall–Kier alpha value is -4.33. The molecule has 3 aromatic carbocycles. The van der Waals surface area contributed by atoms with E-state index in [0.29, 0.717) is 33.8 Å². The van der Waals surface area contributed by atoms with Gasteiger partial charge in [-0.15, -0.1) is 0 Å². The minimum atomic E-state index is -0.925. The number of para-hydroxylation sites is 1. The van der Waals surface area contributed by atoms with Crippen molar-refractivity contribution in [1.82, 2.24) is 4.57 Å². The molecule has 4 aromatic rings. The van der Waals surface area contributed by atoms with Gasteiger partial charge in [0.2, 0.25) is 0 Å². The molecule has 1 N–H and O–H groups in total. The molecule has 0 saturated carbocycles. The van der Waals surface area contributed by atoms with Crippen molar-refractivity contribution in [2.45, 2.75) is 19.4 Å². The summed E-state index contributed by atoms with van der Waals surface area (Å²) in [5.74, 6) is -0.620. The van der Waals surface area contributed by atoms with Crippen LogP contribution in [0.15, 0.2) is 66.7 Å². The molecule has 0 bridgehead atoms. The number of carboxylic acid groups (broad SMARTS) is 1. The van der Waals surface area contributed by atoms with Gasteiger partial charge in [-0.3, -0.25) is 14.2 Å². The van der Waals surface area contributed by atoms with Crippen molar-refractivity contribution in [1.29, 1.82) is 0 Å². The first-order valence-electron chi connectivity index (χ1n) is 11.1. The number of rotatable bonds is 6. The molecule has 1 aromatic heterocycles. The van der Waals surface area contributed by atoms with Crippen molar-refractivity contribution in [2.75, 3.05) is 13.2 Å². The van der Waals surface area contributed by atoms with Gasteiger partial charge in [0.25, 0.3) is 5.91 Å². The second-order valence-corrected chi connectivity index (χ2v) is 8.30. The Balaban J connectivity index is 1.29. The third-order valence-corrected chi connectivity index (χ3v) is 5.84. The molecular weight excluding hydrogens is 453 g/mol. The van der Waals surface area contributed by atoms with Gasteiger partial charge in [0.1, 0.15) is 19.0 Å². The lowest BCUT2D eigenvalue weighted by Gasteiger charge is -2.26. The summed E-state index contributed by atoms with van der Waals surface area (Å²) in [6, 6.07) is 18.4. The molecule has 7 nitrogen and oxygen atoms in total. The summed E-state index contributed by atoms with van der Waals surface area (Å²) in [6.45, 7) is 2.17. The molecule has 0 fully saturated rings. The highest BCUT2D eigenvalue weighted by Gasteiger charge is 2.24. The molecule has 1 aliphatic heterocycles. The van der Waals surface area contributed by atoms with Crippen LogP contribution in [0.1, 0.15) is 21.6 Å². The smallest absolute Gasteiger partial charge is 0.307 e. The number of halogens is 1. The fourth-order valence-electron chi connectivity index (χ4n) is 4.22. The van der Waals surface area contributed by atoms with Crippen LogP contribution in [0, 0.1) is 12.7 Å². The van der Waals surface area contributed by atoms with Crippen LogP contribution in [-0.2, 0) is 11.2 Å². The van der Waals surface area contributed by atoms with Gasteiger partial charge in [0, 0.05) is 16.6 Å². The van der Waals surface area contributed by atoms with Gasteiger partial charge in [0.15, 0.2) is 23.4 Å². The maximum absolute atomic E-state index is 13.7. The van der Waals surface area contributed by atoms with Crippen molar-refractivity contribution in [3.63, 3.8) is 0 Å². The predicted octanol–water partition coefficient (Wildman–Crippen LogP) is 4.62. The topological polar surface area (TPSA) is 87.0 Å². The van der Waals surface area contributed by atoms with E-state index in [2.05, 4.69) is 0 Å². The van der Waals surface area contributed by atoms with Gasteiger partial charge in [-0.1, -0.05) is 18.2 Å². The molecule has 0 saturated heterocycles. The highest BCUT2D eigenvalue weighted by atomic mass is 19.1. The van der Waals surface area contributed by atoms with Crippen LogP contribution in [0.5, 0.6) is 17.2 Å². The van der Waals surface area contributed by atoms with Crippen molar-refractivity contribution < 1.29 is 33.3 Å². The van der Waals surface area contributed by atoms with Gasteiger partial charge in [-0.2, -0.15) is 0 Å². The van der Waals surface area contributed by atoms with Crippen LogP contribution in [0.4, 0.5) is 4.39 Å². The number of aliphatic carboxylic acids is 1. The Morgan fingerprint density at radius 2 is 1.89 bits per heavy atom. The van der Waals surface area contributed by atoms with E-state index >= 15 is 0 Å². The number of aromatic nitrogens is 1. The van der Waals surface area contributed by atoms with E-state index in [4.69, 9.17) is 14.2 Å². The van der Waals surface area contributed by atoms with E-state index in [1.165, 1.54) is 6.07 Å². The van der Waals surface area contributed by atoms with E-state index in [1.54, 1.807) is 59.2 Å². The number of benzene rings is 3. The molecule has 1 aliphatic rings. The zero-order valence-electron chi connectivity index (χ0n) is 18.9. The number of carbonyl (C=O) groups is 2. The third-order valence-electron chi connectivity index (χ3n) is 5.84. The molecule has 0 radical (unpaired) electrons. The summed E-state index contributed by atoms with van der Waals surface area (Å²) < 4.78 is 32.3. The molecular formula is C27H22FNO6. The maximum Gasteiger partial charge on any atom is 0.307 e. The van der Waals surface area contributed by atoms with Crippen molar-refractivity contribution in [3.05, 3.63) is 89.4 Å². The number of nitrogens with zero attached hydrogens (tertiary/aromatic N) is 1. The van der Waals surface area contributed by atoms with Crippen LogP contribution in [0.2, 0.25) is 0 Å². The summed E-state index contributed by atoms with van der Waals surface area (Å²) in [5.41, 5.74) is 2.50. The largest absolute Gasteiger partial charge is 0.490 e. The number of hydrogen-bond donors (Lipinski definition) is 1. The van der Waals surface area contributed by atoms with Gasteiger partial charge < -0.3 is 19.3 Å².